The average Bonchev–Trinajstić information content (AvgIpc) is 3.16. The fraction of sp³-hybridized carbons (Fsp3) is 0.250. The van der Waals surface area contributed by atoms with Crippen molar-refractivity contribution in [3.05, 3.63) is 59.4 Å². The second-order valence-electron chi connectivity index (χ2n) is 5.73. The summed E-state index contributed by atoms with van der Waals surface area (Å²) < 4.78 is 25.4. The highest BCUT2D eigenvalue weighted by molar-refractivity contribution is 8.00. The Labute approximate surface area is 176 Å². The maximum absolute atomic E-state index is 13.7. The molecule has 3 aromatic rings. The van der Waals surface area contributed by atoms with Gasteiger partial charge < -0.3 is 9.47 Å². The molecular formula is C20H20FN3O3S2. The average molecular weight is 434 g/mol. The van der Waals surface area contributed by atoms with Crippen molar-refractivity contribution in [2.45, 2.75) is 23.9 Å². The molecule has 1 amide bonds. The second kappa shape index (κ2) is 10.2. The third kappa shape index (κ3) is 5.68. The summed E-state index contributed by atoms with van der Waals surface area (Å²) in [5.74, 6) is 0.967. The number of carbonyl (C=O) groups is 1. The van der Waals surface area contributed by atoms with Gasteiger partial charge in [-0.05, 0) is 43.7 Å². The number of hydrogen-bond donors (Lipinski definition) is 1. The number of benzene rings is 2. The van der Waals surface area contributed by atoms with Crippen LogP contribution in [-0.2, 0) is 5.75 Å². The van der Waals surface area contributed by atoms with Crippen molar-refractivity contribution in [3.63, 3.8) is 0 Å². The molecule has 9 heteroatoms. The highest BCUT2D eigenvalue weighted by atomic mass is 32.2. The molecule has 0 saturated heterocycles. The van der Waals surface area contributed by atoms with Gasteiger partial charge in [0.1, 0.15) is 5.82 Å². The minimum Gasteiger partial charge on any atom is -0.490 e. The van der Waals surface area contributed by atoms with Crippen LogP contribution in [0.3, 0.4) is 0 Å². The van der Waals surface area contributed by atoms with Crippen molar-refractivity contribution in [3.8, 4) is 11.5 Å². The first-order chi connectivity index (χ1) is 14.1. The highest BCUT2D eigenvalue weighted by Gasteiger charge is 2.14. The summed E-state index contributed by atoms with van der Waals surface area (Å²) in [5, 5.41) is 11.1. The minimum absolute atomic E-state index is 0.251. The molecule has 0 bridgehead atoms. The zero-order valence-electron chi connectivity index (χ0n) is 16.0. The van der Waals surface area contributed by atoms with Gasteiger partial charge in [-0.25, -0.2) is 4.39 Å². The highest BCUT2D eigenvalue weighted by Crippen LogP contribution is 2.31. The van der Waals surface area contributed by atoms with Gasteiger partial charge in [0.25, 0.3) is 5.91 Å². The Morgan fingerprint density at radius 1 is 1.10 bits per heavy atom. The largest absolute Gasteiger partial charge is 0.490 e. The predicted octanol–water partition coefficient (Wildman–Crippen LogP) is 5.02. The SMILES string of the molecule is CCOc1ccc(C(=O)Nc2nnc(SCc3ccccc3F)s2)cc1OCC. The quantitative estimate of drug-likeness (QED) is 0.377. The lowest BCUT2D eigenvalue weighted by molar-refractivity contribution is 0.102. The number of aromatic nitrogens is 2. The summed E-state index contributed by atoms with van der Waals surface area (Å²) in [6.07, 6.45) is 0. The van der Waals surface area contributed by atoms with Crippen LogP contribution >= 0.6 is 23.1 Å². The number of thioether (sulfide) groups is 1. The van der Waals surface area contributed by atoms with Gasteiger partial charge in [-0.3, -0.25) is 10.1 Å². The Hall–Kier alpha value is -2.65. The summed E-state index contributed by atoms with van der Waals surface area (Å²) in [6, 6.07) is 11.6. The summed E-state index contributed by atoms with van der Waals surface area (Å²) in [4.78, 5) is 12.5. The molecule has 0 spiro atoms. The van der Waals surface area contributed by atoms with E-state index in [1.165, 1.54) is 29.2 Å². The molecule has 0 fully saturated rings. The molecule has 29 heavy (non-hydrogen) atoms. The molecule has 0 aliphatic heterocycles. The van der Waals surface area contributed by atoms with E-state index in [2.05, 4.69) is 15.5 Å². The van der Waals surface area contributed by atoms with E-state index in [4.69, 9.17) is 9.47 Å². The molecule has 1 heterocycles. The van der Waals surface area contributed by atoms with Crippen LogP contribution in [0.1, 0.15) is 29.8 Å². The predicted molar refractivity (Wildman–Crippen MR) is 113 cm³/mol. The standard InChI is InChI=1S/C20H20FN3O3S2/c1-3-26-16-10-9-13(11-17(16)27-4-2)18(25)22-19-23-24-20(29-19)28-12-14-7-5-6-8-15(14)21/h5-11H,3-4,12H2,1-2H3,(H,22,23,25). The molecule has 3 rings (SSSR count). The second-order valence-corrected chi connectivity index (χ2v) is 7.93. The monoisotopic (exact) mass is 433 g/mol. The van der Waals surface area contributed by atoms with Gasteiger partial charge >= 0.3 is 0 Å². The van der Waals surface area contributed by atoms with Crippen LogP contribution in [-0.4, -0.2) is 29.3 Å². The Kier molecular flexibility index (Phi) is 7.42. The van der Waals surface area contributed by atoms with Crippen LogP contribution in [0.2, 0.25) is 0 Å². The first-order valence-electron chi connectivity index (χ1n) is 9.01. The van der Waals surface area contributed by atoms with Crippen molar-refractivity contribution in [2.75, 3.05) is 18.5 Å². The molecular weight excluding hydrogens is 413 g/mol. The Morgan fingerprint density at radius 3 is 2.62 bits per heavy atom. The van der Waals surface area contributed by atoms with Crippen LogP contribution in [0.15, 0.2) is 46.8 Å². The Morgan fingerprint density at radius 2 is 1.86 bits per heavy atom. The van der Waals surface area contributed by atoms with Gasteiger partial charge in [0.2, 0.25) is 5.13 Å². The number of halogens is 1. The van der Waals surface area contributed by atoms with Gasteiger partial charge in [-0.1, -0.05) is 41.3 Å². The summed E-state index contributed by atoms with van der Waals surface area (Å²) in [5.41, 5.74) is 1.02. The van der Waals surface area contributed by atoms with E-state index in [1.54, 1.807) is 36.4 Å². The van der Waals surface area contributed by atoms with Gasteiger partial charge in [0.05, 0.1) is 13.2 Å². The number of amides is 1. The van der Waals surface area contributed by atoms with Crippen LogP contribution < -0.4 is 14.8 Å². The third-order valence-electron chi connectivity index (χ3n) is 3.74. The number of ether oxygens (including phenoxy) is 2. The lowest BCUT2D eigenvalue weighted by Crippen LogP contribution is -2.12. The lowest BCUT2D eigenvalue weighted by atomic mass is 10.2. The van der Waals surface area contributed by atoms with E-state index in [0.717, 1.165) is 0 Å². The van der Waals surface area contributed by atoms with Crippen LogP contribution in [0, 0.1) is 5.82 Å². The molecule has 0 radical (unpaired) electrons. The number of nitrogens with zero attached hydrogens (tertiary/aromatic N) is 2. The van der Waals surface area contributed by atoms with E-state index in [0.29, 0.717) is 51.1 Å². The van der Waals surface area contributed by atoms with Crippen LogP contribution in [0.5, 0.6) is 11.5 Å². The van der Waals surface area contributed by atoms with Crippen molar-refractivity contribution in [2.24, 2.45) is 0 Å². The van der Waals surface area contributed by atoms with E-state index in [1.807, 2.05) is 13.8 Å². The molecule has 0 aliphatic carbocycles. The van der Waals surface area contributed by atoms with E-state index >= 15 is 0 Å². The fourth-order valence-corrected chi connectivity index (χ4v) is 4.17. The number of rotatable bonds is 9. The van der Waals surface area contributed by atoms with E-state index < -0.39 is 0 Å². The van der Waals surface area contributed by atoms with Crippen LogP contribution in [0.4, 0.5) is 9.52 Å². The first-order valence-corrected chi connectivity index (χ1v) is 10.8. The first kappa shape index (κ1) is 21.1. The third-order valence-corrected chi connectivity index (χ3v) is 5.76. The van der Waals surface area contributed by atoms with Crippen LogP contribution in [0.25, 0.3) is 0 Å². The normalized spacial score (nSPS) is 10.6. The molecule has 0 saturated carbocycles. The summed E-state index contributed by atoms with van der Waals surface area (Å²) in [6.45, 7) is 4.71. The maximum atomic E-state index is 13.7. The molecule has 1 aromatic heterocycles. The maximum Gasteiger partial charge on any atom is 0.257 e. The minimum atomic E-state index is -0.323. The number of hydrogen-bond acceptors (Lipinski definition) is 7. The topological polar surface area (TPSA) is 73.3 Å². The molecule has 6 nitrogen and oxygen atoms in total. The van der Waals surface area contributed by atoms with Crippen molar-refractivity contribution >= 4 is 34.1 Å². The molecule has 2 aromatic carbocycles. The summed E-state index contributed by atoms with van der Waals surface area (Å²) in [7, 11) is 0. The van der Waals surface area contributed by atoms with E-state index in [9.17, 15) is 9.18 Å². The fourth-order valence-electron chi connectivity index (χ4n) is 2.44. The van der Waals surface area contributed by atoms with Crippen molar-refractivity contribution in [1.29, 1.82) is 0 Å². The molecule has 1 N–H and O–H groups in total. The number of carbonyl (C=O) groups excluding carboxylic acids is 1. The van der Waals surface area contributed by atoms with Gasteiger partial charge in [0.15, 0.2) is 15.8 Å². The number of nitrogens with one attached hydrogen (secondary N) is 1. The lowest BCUT2D eigenvalue weighted by Gasteiger charge is -2.12. The molecule has 0 aliphatic rings. The van der Waals surface area contributed by atoms with Crippen molar-refractivity contribution < 1.29 is 18.7 Å². The van der Waals surface area contributed by atoms with Gasteiger partial charge in [-0.2, -0.15) is 0 Å². The molecule has 152 valence electrons. The van der Waals surface area contributed by atoms with Gasteiger partial charge in [-0.15, -0.1) is 10.2 Å². The van der Waals surface area contributed by atoms with Gasteiger partial charge in [0, 0.05) is 11.3 Å². The molecule has 0 atom stereocenters. The smallest absolute Gasteiger partial charge is 0.257 e. The zero-order valence-corrected chi connectivity index (χ0v) is 17.6. The Balaban J connectivity index is 1.64. The Bertz CT molecular complexity index is 981. The van der Waals surface area contributed by atoms with Crippen molar-refractivity contribution in [1.82, 2.24) is 10.2 Å². The summed E-state index contributed by atoms with van der Waals surface area (Å²) >= 11 is 2.60. The number of anilines is 1. The molecule has 0 unspecified atom stereocenters. The van der Waals surface area contributed by atoms with E-state index in [-0.39, 0.29) is 11.7 Å². The zero-order chi connectivity index (χ0) is 20.6.